The van der Waals surface area contributed by atoms with Gasteiger partial charge in [0.1, 0.15) is 0 Å². The van der Waals surface area contributed by atoms with E-state index in [1.54, 1.807) is 12.1 Å². The van der Waals surface area contributed by atoms with Crippen LogP contribution < -0.4 is 10.6 Å². The predicted octanol–water partition coefficient (Wildman–Crippen LogP) is 2.39. The average molecular weight is 400 g/mol. The summed E-state index contributed by atoms with van der Waals surface area (Å²) in [5.41, 5.74) is 2.27. The SMILES string of the molecule is O=C(NCCNC(=O)c1nn(-c2ccc(F)c(F)c2)c2c1CCC2)c1ccco1. The minimum Gasteiger partial charge on any atom is -0.459 e. The zero-order chi connectivity index (χ0) is 20.4. The molecular formula is C20H18F2N4O3. The number of hydrogen-bond acceptors (Lipinski definition) is 4. The highest BCUT2D eigenvalue weighted by molar-refractivity contribution is 5.94. The molecule has 0 spiro atoms. The number of benzene rings is 1. The van der Waals surface area contributed by atoms with Crippen LogP contribution in [0.5, 0.6) is 0 Å². The molecule has 2 amide bonds. The summed E-state index contributed by atoms with van der Waals surface area (Å²) in [6.07, 6.45) is 3.65. The molecule has 4 rings (SSSR count). The second-order valence-corrected chi connectivity index (χ2v) is 6.63. The van der Waals surface area contributed by atoms with Crippen molar-refractivity contribution in [3.8, 4) is 5.69 Å². The van der Waals surface area contributed by atoms with Crippen LogP contribution in [0.1, 0.15) is 38.7 Å². The number of amides is 2. The molecule has 0 saturated carbocycles. The van der Waals surface area contributed by atoms with Crippen LogP contribution in [0.15, 0.2) is 41.0 Å². The topological polar surface area (TPSA) is 89.2 Å². The molecule has 0 radical (unpaired) electrons. The number of furan rings is 1. The molecule has 2 aromatic heterocycles. The van der Waals surface area contributed by atoms with Crippen LogP contribution in [0.25, 0.3) is 5.69 Å². The van der Waals surface area contributed by atoms with Crippen molar-refractivity contribution in [2.24, 2.45) is 0 Å². The van der Waals surface area contributed by atoms with Crippen LogP contribution >= 0.6 is 0 Å². The van der Waals surface area contributed by atoms with Gasteiger partial charge in [0.25, 0.3) is 11.8 Å². The molecule has 150 valence electrons. The molecule has 9 heteroatoms. The van der Waals surface area contributed by atoms with Gasteiger partial charge in [0, 0.05) is 30.4 Å². The van der Waals surface area contributed by atoms with Crippen molar-refractivity contribution in [2.45, 2.75) is 19.3 Å². The van der Waals surface area contributed by atoms with Gasteiger partial charge in [-0.05, 0) is 43.5 Å². The monoisotopic (exact) mass is 400 g/mol. The van der Waals surface area contributed by atoms with Crippen molar-refractivity contribution in [3.63, 3.8) is 0 Å². The van der Waals surface area contributed by atoms with Gasteiger partial charge in [-0.1, -0.05) is 0 Å². The van der Waals surface area contributed by atoms with Crippen molar-refractivity contribution in [3.05, 3.63) is 70.9 Å². The predicted molar refractivity (Wildman–Crippen MR) is 98.9 cm³/mol. The number of hydrogen-bond donors (Lipinski definition) is 2. The second kappa shape index (κ2) is 7.86. The van der Waals surface area contributed by atoms with Crippen LogP contribution in [0.3, 0.4) is 0 Å². The molecule has 1 aliphatic carbocycles. The fourth-order valence-electron chi connectivity index (χ4n) is 3.38. The quantitative estimate of drug-likeness (QED) is 0.622. The van der Waals surface area contributed by atoms with E-state index in [9.17, 15) is 18.4 Å². The normalized spacial score (nSPS) is 12.6. The Balaban J connectivity index is 1.44. The van der Waals surface area contributed by atoms with Gasteiger partial charge in [-0.2, -0.15) is 5.10 Å². The molecule has 1 aromatic carbocycles. The Labute approximate surface area is 164 Å². The van der Waals surface area contributed by atoms with Gasteiger partial charge in [-0.25, -0.2) is 13.5 Å². The van der Waals surface area contributed by atoms with E-state index in [2.05, 4.69) is 15.7 Å². The molecule has 0 bridgehead atoms. The lowest BCUT2D eigenvalue weighted by Gasteiger charge is -2.06. The Morgan fingerprint density at radius 2 is 1.86 bits per heavy atom. The third-order valence-corrected chi connectivity index (χ3v) is 4.73. The lowest BCUT2D eigenvalue weighted by atomic mass is 10.2. The Morgan fingerprint density at radius 3 is 2.59 bits per heavy atom. The van der Waals surface area contributed by atoms with E-state index in [0.29, 0.717) is 18.5 Å². The first-order valence-corrected chi connectivity index (χ1v) is 9.20. The van der Waals surface area contributed by atoms with Crippen LogP contribution in [0.4, 0.5) is 8.78 Å². The third kappa shape index (κ3) is 3.75. The highest BCUT2D eigenvalue weighted by atomic mass is 19.2. The van der Waals surface area contributed by atoms with Crippen LogP contribution in [0.2, 0.25) is 0 Å². The fraction of sp³-hybridized carbons (Fsp3) is 0.250. The highest BCUT2D eigenvalue weighted by Gasteiger charge is 2.27. The van der Waals surface area contributed by atoms with E-state index in [1.807, 2.05) is 0 Å². The third-order valence-electron chi connectivity index (χ3n) is 4.73. The van der Waals surface area contributed by atoms with E-state index in [4.69, 9.17) is 4.42 Å². The molecule has 0 atom stereocenters. The van der Waals surface area contributed by atoms with E-state index < -0.39 is 11.6 Å². The van der Waals surface area contributed by atoms with Gasteiger partial charge in [0.05, 0.1) is 12.0 Å². The minimum atomic E-state index is -0.969. The molecule has 0 fully saturated rings. The average Bonchev–Trinajstić information content (AvgIpc) is 3.44. The number of nitrogens with zero attached hydrogens (tertiary/aromatic N) is 2. The van der Waals surface area contributed by atoms with Gasteiger partial charge in [-0.15, -0.1) is 0 Å². The summed E-state index contributed by atoms with van der Waals surface area (Å²) >= 11 is 0. The molecule has 0 unspecified atom stereocenters. The molecule has 1 aliphatic rings. The number of fused-ring (bicyclic) bond motifs is 1. The molecule has 0 saturated heterocycles. The van der Waals surface area contributed by atoms with Crippen molar-refractivity contribution in [2.75, 3.05) is 13.1 Å². The first kappa shape index (κ1) is 18.9. The fourth-order valence-corrected chi connectivity index (χ4v) is 3.38. The molecule has 29 heavy (non-hydrogen) atoms. The maximum atomic E-state index is 13.6. The number of nitrogens with one attached hydrogen (secondary N) is 2. The standard InChI is InChI=1S/C20H18F2N4O3/c21-14-7-6-12(11-15(14)22)26-16-4-1-3-13(16)18(25-26)20(28)24-9-8-23-19(27)17-5-2-10-29-17/h2,5-7,10-11H,1,3-4,8-9H2,(H,23,27)(H,24,28). The Kier molecular flexibility index (Phi) is 5.11. The van der Waals surface area contributed by atoms with Gasteiger partial charge in [0.15, 0.2) is 23.1 Å². The lowest BCUT2D eigenvalue weighted by Crippen LogP contribution is -2.35. The van der Waals surface area contributed by atoms with Crippen molar-refractivity contribution >= 4 is 11.8 Å². The number of halogens is 2. The summed E-state index contributed by atoms with van der Waals surface area (Å²) in [6.45, 7) is 0.426. The van der Waals surface area contributed by atoms with E-state index in [0.717, 1.165) is 29.8 Å². The molecular weight excluding hydrogens is 382 g/mol. The zero-order valence-electron chi connectivity index (χ0n) is 15.4. The zero-order valence-corrected chi connectivity index (χ0v) is 15.4. The first-order valence-electron chi connectivity index (χ1n) is 9.20. The maximum absolute atomic E-state index is 13.6. The Morgan fingerprint density at radius 1 is 1.07 bits per heavy atom. The van der Waals surface area contributed by atoms with E-state index >= 15 is 0 Å². The van der Waals surface area contributed by atoms with Crippen molar-refractivity contribution in [1.29, 1.82) is 0 Å². The van der Waals surface area contributed by atoms with Crippen LogP contribution in [-0.2, 0) is 12.8 Å². The van der Waals surface area contributed by atoms with Crippen LogP contribution in [-0.4, -0.2) is 34.7 Å². The summed E-state index contributed by atoms with van der Waals surface area (Å²) < 4.78 is 33.3. The number of rotatable bonds is 6. The summed E-state index contributed by atoms with van der Waals surface area (Å²) in [7, 11) is 0. The van der Waals surface area contributed by atoms with Gasteiger partial charge >= 0.3 is 0 Å². The lowest BCUT2D eigenvalue weighted by molar-refractivity contribution is 0.0909. The Hall–Kier alpha value is -3.49. The van der Waals surface area contributed by atoms with Gasteiger partial charge in [-0.3, -0.25) is 9.59 Å². The van der Waals surface area contributed by atoms with E-state index in [-0.39, 0.29) is 36.4 Å². The molecule has 0 aliphatic heterocycles. The Bertz CT molecular complexity index is 1060. The smallest absolute Gasteiger partial charge is 0.287 e. The number of carbonyl (C=O) groups excluding carboxylic acids is 2. The molecule has 7 nitrogen and oxygen atoms in total. The first-order chi connectivity index (χ1) is 14.0. The molecule has 2 heterocycles. The summed E-state index contributed by atoms with van der Waals surface area (Å²) in [4.78, 5) is 24.4. The molecule has 3 aromatic rings. The summed E-state index contributed by atoms with van der Waals surface area (Å²) in [6, 6.07) is 6.68. The second-order valence-electron chi connectivity index (χ2n) is 6.63. The van der Waals surface area contributed by atoms with Gasteiger partial charge < -0.3 is 15.1 Å². The number of aromatic nitrogens is 2. The molecule has 2 N–H and O–H groups in total. The van der Waals surface area contributed by atoms with Crippen molar-refractivity contribution < 1.29 is 22.8 Å². The summed E-state index contributed by atoms with van der Waals surface area (Å²) in [5, 5.41) is 9.70. The van der Waals surface area contributed by atoms with Crippen molar-refractivity contribution in [1.82, 2.24) is 20.4 Å². The summed E-state index contributed by atoms with van der Waals surface area (Å²) in [5.74, 6) is -2.46. The van der Waals surface area contributed by atoms with Crippen LogP contribution in [0, 0.1) is 11.6 Å². The van der Waals surface area contributed by atoms with E-state index in [1.165, 1.54) is 17.0 Å². The largest absolute Gasteiger partial charge is 0.459 e. The van der Waals surface area contributed by atoms with Gasteiger partial charge in [0.2, 0.25) is 0 Å². The maximum Gasteiger partial charge on any atom is 0.287 e. The number of carbonyl (C=O) groups is 2. The minimum absolute atomic E-state index is 0.194. The highest BCUT2D eigenvalue weighted by Crippen LogP contribution is 2.28.